The first-order valence-electron chi connectivity index (χ1n) is 7.27. The number of nitrogens with one attached hydrogen (secondary N) is 2. The second-order valence-electron chi connectivity index (χ2n) is 4.48. The maximum absolute atomic E-state index is 5.38. The number of hydrogen-bond acceptors (Lipinski definition) is 6. The first-order chi connectivity index (χ1) is 10.3. The molecule has 0 aromatic carbocycles. The van der Waals surface area contributed by atoms with Crippen LogP contribution in [0.5, 0.6) is 0 Å². The fourth-order valence-electron chi connectivity index (χ4n) is 1.89. The Morgan fingerprint density at radius 3 is 2.67 bits per heavy atom. The van der Waals surface area contributed by atoms with Crippen LogP contribution in [0.25, 0.3) is 0 Å². The first kappa shape index (κ1) is 15.3. The number of anilines is 2. The Morgan fingerprint density at radius 2 is 2.00 bits per heavy atom. The molecular formula is C15H22N4O2. The van der Waals surface area contributed by atoms with E-state index in [2.05, 4.69) is 20.6 Å². The molecule has 0 saturated carbocycles. The van der Waals surface area contributed by atoms with E-state index in [0.717, 1.165) is 36.9 Å². The second kappa shape index (κ2) is 8.26. The van der Waals surface area contributed by atoms with E-state index in [1.54, 1.807) is 6.26 Å². The third-order valence-electron chi connectivity index (χ3n) is 2.82. The molecule has 0 unspecified atom stereocenters. The molecule has 0 radical (unpaired) electrons. The third kappa shape index (κ3) is 5.07. The van der Waals surface area contributed by atoms with E-state index in [1.807, 2.05) is 32.0 Å². The van der Waals surface area contributed by atoms with E-state index < -0.39 is 0 Å². The summed E-state index contributed by atoms with van der Waals surface area (Å²) in [7, 11) is 0. The minimum absolute atomic E-state index is 0.419. The molecule has 6 nitrogen and oxygen atoms in total. The average Bonchev–Trinajstić information content (AvgIpc) is 2.99. The van der Waals surface area contributed by atoms with Gasteiger partial charge in [0.25, 0.3) is 0 Å². The van der Waals surface area contributed by atoms with Crippen LogP contribution in [-0.2, 0) is 17.8 Å². The van der Waals surface area contributed by atoms with Gasteiger partial charge in [-0.2, -0.15) is 0 Å². The van der Waals surface area contributed by atoms with Crippen molar-refractivity contribution in [2.24, 2.45) is 0 Å². The number of nitrogens with zero attached hydrogens (tertiary/aromatic N) is 2. The maximum atomic E-state index is 5.38. The van der Waals surface area contributed by atoms with Crippen LogP contribution in [0, 0.1) is 0 Å². The van der Waals surface area contributed by atoms with Crippen LogP contribution in [0.4, 0.5) is 11.6 Å². The molecule has 2 rings (SSSR count). The summed E-state index contributed by atoms with van der Waals surface area (Å²) < 4.78 is 10.7. The minimum atomic E-state index is 0.419. The summed E-state index contributed by atoms with van der Waals surface area (Å²) in [6.45, 7) is 6.63. The highest BCUT2D eigenvalue weighted by Crippen LogP contribution is 2.12. The van der Waals surface area contributed by atoms with E-state index >= 15 is 0 Å². The zero-order valence-corrected chi connectivity index (χ0v) is 12.6. The van der Waals surface area contributed by atoms with Gasteiger partial charge in [0.15, 0.2) is 5.82 Å². The lowest BCUT2D eigenvalue weighted by Crippen LogP contribution is -2.11. The summed E-state index contributed by atoms with van der Waals surface area (Å²) in [5, 5.41) is 6.50. The van der Waals surface area contributed by atoms with Crippen LogP contribution in [0.15, 0.2) is 28.9 Å². The van der Waals surface area contributed by atoms with Gasteiger partial charge in [-0.15, -0.1) is 0 Å². The summed E-state index contributed by atoms with van der Waals surface area (Å²) in [6.07, 6.45) is 2.50. The molecule has 0 aliphatic rings. The van der Waals surface area contributed by atoms with Crippen molar-refractivity contribution in [1.82, 2.24) is 9.97 Å². The van der Waals surface area contributed by atoms with Crippen molar-refractivity contribution in [3.8, 4) is 0 Å². The van der Waals surface area contributed by atoms with Gasteiger partial charge in [-0.3, -0.25) is 0 Å². The summed E-state index contributed by atoms with van der Waals surface area (Å²) in [5.41, 5.74) is 0. The topological polar surface area (TPSA) is 72.2 Å². The Bertz CT molecular complexity index is 528. The van der Waals surface area contributed by atoms with Gasteiger partial charge in [0.2, 0.25) is 0 Å². The van der Waals surface area contributed by atoms with Crippen molar-refractivity contribution in [3.63, 3.8) is 0 Å². The van der Waals surface area contributed by atoms with Crippen LogP contribution < -0.4 is 10.6 Å². The minimum Gasteiger partial charge on any atom is -0.469 e. The Hall–Kier alpha value is -2.08. The number of aromatic nitrogens is 2. The molecule has 2 heterocycles. The maximum Gasteiger partial charge on any atom is 0.158 e. The lowest BCUT2D eigenvalue weighted by Gasteiger charge is -2.10. The van der Waals surface area contributed by atoms with Gasteiger partial charge in [-0.05, 0) is 26.0 Å². The fourth-order valence-corrected chi connectivity index (χ4v) is 1.89. The molecule has 0 fully saturated rings. The number of rotatable bonds is 9. The molecule has 0 saturated heterocycles. The van der Waals surface area contributed by atoms with Crippen LogP contribution >= 0.6 is 0 Å². The van der Waals surface area contributed by atoms with Crippen LogP contribution in [0.1, 0.15) is 25.4 Å². The average molecular weight is 290 g/mol. The van der Waals surface area contributed by atoms with Gasteiger partial charge in [0, 0.05) is 32.2 Å². The highest BCUT2D eigenvalue weighted by atomic mass is 16.5. The smallest absolute Gasteiger partial charge is 0.158 e. The molecule has 0 bridgehead atoms. The van der Waals surface area contributed by atoms with Gasteiger partial charge in [-0.1, -0.05) is 0 Å². The zero-order valence-electron chi connectivity index (χ0n) is 12.6. The van der Waals surface area contributed by atoms with E-state index in [4.69, 9.17) is 9.15 Å². The normalized spacial score (nSPS) is 10.6. The highest BCUT2D eigenvalue weighted by Gasteiger charge is 2.05. The molecule has 0 aliphatic heterocycles. The lowest BCUT2D eigenvalue weighted by molar-refractivity contribution is 0.128. The molecule has 6 heteroatoms. The Morgan fingerprint density at radius 1 is 1.19 bits per heavy atom. The van der Waals surface area contributed by atoms with E-state index in [-0.39, 0.29) is 0 Å². The van der Waals surface area contributed by atoms with Gasteiger partial charge < -0.3 is 19.8 Å². The number of furan rings is 1. The number of ether oxygens (including phenoxy) is 1. The zero-order chi connectivity index (χ0) is 14.9. The predicted octanol–water partition coefficient (Wildman–Crippen LogP) is 2.69. The number of hydrogen-bond donors (Lipinski definition) is 2. The molecular weight excluding hydrogens is 268 g/mol. The molecule has 2 aromatic heterocycles. The molecule has 114 valence electrons. The fraction of sp³-hybridized carbons (Fsp3) is 0.467. The van der Waals surface area contributed by atoms with Crippen molar-refractivity contribution in [2.45, 2.75) is 26.9 Å². The molecule has 21 heavy (non-hydrogen) atoms. The van der Waals surface area contributed by atoms with Crippen molar-refractivity contribution >= 4 is 11.6 Å². The van der Waals surface area contributed by atoms with Gasteiger partial charge in [-0.25, -0.2) is 9.97 Å². The Balaban J connectivity index is 1.97. The van der Waals surface area contributed by atoms with Crippen LogP contribution in [0.2, 0.25) is 0 Å². The molecule has 0 spiro atoms. The van der Waals surface area contributed by atoms with Crippen molar-refractivity contribution in [3.05, 3.63) is 36.0 Å². The highest BCUT2D eigenvalue weighted by molar-refractivity contribution is 5.47. The summed E-state index contributed by atoms with van der Waals surface area (Å²) in [4.78, 5) is 8.87. The van der Waals surface area contributed by atoms with Crippen molar-refractivity contribution < 1.29 is 9.15 Å². The summed E-state index contributed by atoms with van der Waals surface area (Å²) >= 11 is 0. The Labute approximate surface area is 124 Å². The predicted molar refractivity (Wildman–Crippen MR) is 82.4 cm³/mol. The van der Waals surface area contributed by atoms with Crippen LogP contribution in [-0.4, -0.2) is 29.7 Å². The first-order valence-corrected chi connectivity index (χ1v) is 7.27. The summed E-state index contributed by atoms with van der Waals surface area (Å²) in [5.74, 6) is 3.23. The largest absolute Gasteiger partial charge is 0.469 e. The van der Waals surface area contributed by atoms with E-state index in [0.29, 0.717) is 19.0 Å². The SMILES string of the molecule is CCNc1cc(NCCc2ccco2)nc(COCC)n1. The van der Waals surface area contributed by atoms with Crippen molar-refractivity contribution in [1.29, 1.82) is 0 Å². The van der Waals surface area contributed by atoms with Crippen molar-refractivity contribution in [2.75, 3.05) is 30.3 Å². The van der Waals surface area contributed by atoms with Gasteiger partial charge >= 0.3 is 0 Å². The van der Waals surface area contributed by atoms with Gasteiger partial charge in [0.1, 0.15) is 24.0 Å². The second-order valence-corrected chi connectivity index (χ2v) is 4.48. The molecule has 0 amide bonds. The van der Waals surface area contributed by atoms with Gasteiger partial charge in [0.05, 0.1) is 6.26 Å². The quantitative estimate of drug-likeness (QED) is 0.740. The van der Waals surface area contributed by atoms with E-state index in [1.165, 1.54) is 0 Å². The Kier molecular flexibility index (Phi) is 6.02. The molecule has 0 aliphatic carbocycles. The standard InChI is InChI=1S/C15H22N4O2/c1-3-16-13-10-14(19-15(18-13)11-20-4-2)17-8-7-12-6-5-9-21-12/h5-6,9-10H,3-4,7-8,11H2,1-2H3,(H2,16,17,18,19). The van der Waals surface area contributed by atoms with E-state index in [9.17, 15) is 0 Å². The summed E-state index contributed by atoms with van der Waals surface area (Å²) in [6, 6.07) is 5.76. The monoisotopic (exact) mass is 290 g/mol. The van der Waals surface area contributed by atoms with Crippen LogP contribution in [0.3, 0.4) is 0 Å². The molecule has 2 N–H and O–H groups in total. The lowest BCUT2D eigenvalue weighted by atomic mass is 10.3. The molecule has 0 atom stereocenters. The third-order valence-corrected chi connectivity index (χ3v) is 2.82. The molecule has 2 aromatic rings.